The van der Waals surface area contributed by atoms with E-state index in [4.69, 9.17) is 0 Å². The molecule has 1 aliphatic heterocycles. The first kappa shape index (κ1) is 6.20. The lowest BCUT2D eigenvalue weighted by atomic mass is 10.2. The van der Waals surface area contributed by atoms with Gasteiger partial charge in [0.25, 0.3) is 0 Å². The zero-order valence-electron chi connectivity index (χ0n) is 5.70. The minimum Gasteiger partial charge on any atom is -0.246 e. The highest BCUT2D eigenvalue weighted by Gasteiger charge is 1.93. The fourth-order valence-electron chi connectivity index (χ4n) is 0.595. The normalized spacial score (nSPS) is 25.6. The van der Waals surface area contributed by atoms with E-state index in [1.165, 1.54) is 0 Å². The van der Waals surface area contributed by atoms with Gasteiger partial charge in [-0.15, -0.1) is 0 Å². The minimum absolute atomic E-state index is 0.422. The molecule has 9 heavy (non-hydrogen) atoms. The Morgan fingerprint density at radius 2 is 2.33 bits per heavy atom. The summed E-state index contributed by atoms with van der Waals surface area (Å²) in [5.41, 5.74) is 0. The van der Waals surface area contributed by atoms with E-state index < -0.39 is 0 Å². The Labute approximate surface area is 55.0 Å². The van der Waals surface area contributed by atoms with Crippen molar-refractivity contribution in [2.24, 2.45) is 15.9 Å². The summed E-state index contributed by atoms with van der Waals surface area (Å²) in [6, 6.07) is 0. The molecule has 0 saturated carbocycles. The van der Waals surface area contributed by atoms with Gasteiger partial charge in [-0.1, -0.05) is 13.0 Å². The van der Waals surface area contributed by atoms with Crippen molar-refractivity contribution in [1.82, 2.24) is 0 Å². The summed E-state index contributed by atoms with van der Waals surface area (Å²) in [5.74, 6) is 1.25. The number of allylic oxidation sites excluding steroid dienone is 1. The molecule has 0 aromatic carbocycles. The second kappa shape index (κ2) is 2.58. The predicted octanol–water partition coefficient (Wildman–Crippen LogP) is 1.64. The van der Waals surface area contributed by atoms with Crippen LogP contribution in [0.25, 0.3) is 0 Å². The molecule has 0 amide bonds. The van der Waals surface area contributed by atoms with Crippen molar-refractivity contribution in [2.45, 2.75) is 13.8 Å². The molecule has 2 nitrogen and oxygen atoms in total. The van der Waals surface area contributed by atoms with E-state index in [2.05, 4.69) is 16.9 Å². The molecule has 2 heteroatoms. The Morgan fingerprint density at radius 1 is 1.56 bits per heavy atom. The van der Waals surface area contributed by atoms with Gasteiger partial charge in [-0.05, 0) is 6.92 Å². The van der Waals surface area contributed by atoms with Gasteiger partial charge in [0.15, 0.2) is 0 Å². The minimum atomic E-state index is 0.422. The lowest BCUT2D eigenvalue weighted by molar-refractivity contribution is 1.03. The highest BCUT2D eigenvalue weighted by Crippen LogP contribution is 1.97. The third-order valence-electron chi connectivity index (χ3n) is 1.15. The van der Waals surface area contributed by atoms with Gasteiger partial charge in [-0.2, -0.15) is 0 Å². The molecule has 0 fully saturated rings. The van der Waals surface area contributed by atoms with Gasteiger partial charge >= 0.3 is 0 Å². The van der Waals surface area contributed by atoms with Gasteiger partial charge < -0.3 is 0 Å². The fourth-order valence-corrected chi connectivity index (χ4v) is 0.595. The molecule has 0 aromatic rings. The monoisotopic (exact) mass is 122 g/mol. The van der Waals surface area contributed by atoms with Gasteiger partial charge in [0.05, 0.1) is 0 Å². The Balaban J connectivity index is 2.75. The van der Waals surface area contributed by atoms with Crippen molar-refractivity contribution in [3.63, 3.8) is 0 Å². The molecule has 1 unspecified atom stereocenters. The molecule has 0 aromatic heterocycles. The highest BCUT2D eigenvalue weighted by molar-refractivity contribution is 5.89. The summed E-state index contributed by atoms with van der Waals surface area (Å²) in [6.07, 6.45) is 5.70. The van der Waals surface area contributed by atoms with Crippen LogP contribution in [0.4, 0.5) is 0 Å². The quantitative estimate of drug-likeness (QED) is 0.466. The summed E-state index contributed by atoms with van der Waals surface area (Å²) < 4.78 is 0. The fraction of sp³-hybridized carbons (Fsp3) is 0.429. The van der Waals surface area contributed by atoms with Crippen LogP contribution in [0.1, 0.15) is 13.8 Å². The van der Waals surface area contributed by atoms with Crippen molar-refractivity contribution in [1.29, 1.82) is 0 Å². The number of nitrogens with zero attached hydrogens (tertiary/aromatic N) is 2. The van der Waals surface area contributed by atoms with E-state index in [-0.39, 0.29) is 0 Å². The molecule has 1 aliphatic rings. The molecule has 0 spiro atoms. The number of hydrogen-bond donors (Lipinski definition) is 0. The lowest BCUT2D eigenvalue weighted by Gasteiger charge is -1.89. The molecular formula is C7H10N2. The average Bonchev–Trinajstić information content (AvgIpc) is 1.97. The zero-order valence-corrected chi connectivity index (χ0v) is 5.70. The molecule has 1 heterocycles. The van der Waals surface area contributed by atoms with E-state index in [1.54, 1.807) is 6.20 Å². The molecule has 0 aliphatic carbocycles. The molecule has 0 radical (unpaired) electrons. The van der Waals surface area contributed by atoms with Crippen molar-refractivity contribution >= 4 is 12.1 Å². The first-order valence-electron chi connectivity index (χ1n) is 3.04. The zero-order chi connectivity index (χ0) is 6.69. The maximum Gasteiger partial charge on any atom is 0.124 e. The summed E-state index contributed by atoms with van der Waals surface area (Å²) in [7, 11) is 0. The summed E-state index contributed by atoms with van der Waals surface area (Å²) >= 11 is 0. The SMILES string of the molecule is CC1=NC=CC(C)C=N1. The van der Waals surface area contributed by atoms with Crippen LogP contribution in [0, 0.1) is 5.92 Å². The van der Waals surface area contributed by atoms with Crippen LogP contribution >= 0.6 is 0 Å². The van der Waals surface area contributed by atoms with Gasteiger partial charge in [0.1, 0.15) is 5.84 Å². The largest absolute Gasteiger partial charge is 0.246 e. The molecule has 0 bridgehead atoms. The van der Waals surface area contributed by atoms with Crippen LogP contribution in [0.5, 0.6) is 0 Å². The van der Waals surface area contributed by atoms with Crippen molar-refractivity contribution < 1.29 is 0 Å². The third kappa shape index (κ3) is 1.80. The number of rotatable bonds is 0. The molecular weight excluding hydrogens is 112 g/mol. The molecule has 1 rings (SSSR count). The van der Waals surface area contributed by atoms with Gasteiger partial charge in [0, 0.05) is 18.3 Å². The van der Waals surface area contributed by atoms with E-state index in [0.29, 0.717) is 5.92 Å². The number of aliphatic imine (C=N–C) groups is 2. The standard InChI is InChI=1S/C7H10N2/c1-6-3-4-8-7(2)9-5-6/h3-6H,1-2H3. The van der Waals surface area contributed by atoms with Crippen LogP contribution in [0.15, 0.2) is 22.3 Å². The number of hydrogen-bond acceptors (Lipinski definition) is 2. The van der Waals surface area contributed by atoms with Crippen LogP contribution in [0.3, 0.4) is 0 Å². The van der Waals surface area contributed by atoms with Gasteiger partial charge in [-0.25, -0.2) is 9.98 Å². The summed E-state index contributed by atoms with van der Waals surface area (Å²) in [5, 5.41) is 0. The second-order valence-electron chi connectivity index (χ2n) is 2.16. The Bertz CT molecular complexity index is 177. The summed E-state index contributed by atoms with van der Waals surface area (Å²) in [6.45, 7) is 3.97. The van der Waals surface area contributed by atoms with Gasteiger partial charge in [-0.3, -0.25) is 0 Å². The first-order chi connectivity index (χ1) is 4.29. The maximum atomic E-state index is 4.07. The van der Waals surface area contributed by atoms with Gasteiger partial charge in [0.2, 0.25) is 0 Å². The maximum absolute atomic E-state index is 4.07. The van der Waals surface area contributed by atoms with Crippen LogP contribution in [0.2, 0.25) is 0 Å². The van der Waals surface area contributed by atoms with E-state index >= 15 is 0 Å². The molecule has 1 atom stereocenters. The topological polar surface area (TPSA) is 24.7 Å². The Hall–Kier alpha value is -0.920. The second-order valence-corrected chi connectivity index (χ2v) is 2.16. The average molecular weight is 122 g/mol. The van der Waals surface area contributed by atoms with E-state index in [0.717, 1.165) is 5.84 Å². The smallest absolute Gasteiger partial charge is 0.124 e. The predicted molar refractivity (Wildman–Crippen MR) is 39.9 cm³/mol. The highest BCUT2D eigenvalue weighted by atomic mass is 14.9. The molecule has 0 N–H and O–H groups in total. The Morgan fingerprint density at radius 3 is 3.11 bits per heavy atom. The van der Waals surface area contributed by atoms with Crippen LogP contribution in [-0.4, -0.2) is 12.1 Å². The third-order valence-corrected chi connectivity index (χ3v) is 1.15. The van der Waals surface area contributed by atoms with E-state index in [9.17, 15) is 0 Å². The van der Waals surface area contributed by atoms with Crippen molar-refractivity contribution in [3.05, 3.63) is 12.3 Å². The molecule has 0 saturated heterocycles. The van der Waals surface area contributed by atoms with Crippen molar-refractivity contribution in [2.75, 3.05) is 0 Å². The van der Waals surface area contributed by atoms with Crippen LogP contribution < -0.4 is 0 Å². The van der Waals surface area contributed by atoms with E-state index in [1.807, 2.05) is 19.2 Å². The molecule has 48 valence electrons. The first-order valence-corrected chi connectivity index (χ1v) is 3.04. The lowest BCUT2D eigenvalue weighted by Crippen LogP contribution is -1.90. The summed E-state index contributed by atoms with van der Waals surface area (Å²) in [4.78, 5) is 8.08. The van der Waals surface area contributed by atoms with Crippen molar-refractivity contribution in [3.8, 4) is 0 Å². The van der Waals surface area contributed by atoms with Crippen LogP contribution in [-0.2, 0) is 0 Å². The Kier molecular flexibility index (Phi) is 1.78. The number of amidine groups is 1.